The molecule has 0 radical (unpaired) electrons. The van der Waals surface area contributed by atoms with Gasteiger partial charge in [0.2, 0.25) is 5.91 Å². The number of nitrogens with one attached hydrogen (secondary N) is 1. The molecule has 94 valence electrons. The minimum Gasteiger partial charge on any atom is -0.352 e. The number of rotatable bonds is 4. The van der Waals surface area contributed by atoms with Crippen LogP contribution in [0.15, 0.2) is 11.5 Å². The Labute approximate surface area is 105 Å². The second kappa shape index (κ2) is 5.53. The Morgan fingerprint density at radius 3 is 2.88 bits per heavy atom. The Balaban J connectivity index is 1.84. The van der Waals surface area contributed by atoms with Gasteiger partial charge in [-0.25, -0.2) is 0 Å². The molecule has 1 heterocycles. The molecule has 1 fully saturated rings. The molecule has 1 aliphatic carbocycles. The zero-order valence-corrected chi connectivity index (χ0v) is 11.0. The molecule has 17 heavy (non-hydrogen) atoms. The van der Waals surface area contributed by atoms with Gasteiger partial charge in [-0.05, 0) is 19.8 Å². The molecule has 0 aromatic carbocycles. The summed E-state index contributed by atoms with van der Waals surface area (Å²) in [4.78, 5) is 11.9. The topological polar surface area (TPSA) is 59.8 Å². The molecule has 6 heteroatoms. The van der Waals surface area contributed by atoms with E-state index >= 15 is 0 Å². The first-order valence-corrected chi connectivity index (χ1v) is 6.86. The number of carbonyl (C=O) groups is 1. The highest BCUT2D eigenvalue weighted by Crippen LogP contribution is 2.22. The molecular weight excluding hydrogens is 236 g/mol. The van der Waals surface area contributed by atoms with Crippen molar-refractivity contribution in [2.45, 2.75) is 49.1 Å². The molecule has 5 nitrogen and oxygen atoms in total. The fraction of sp³-hybridized carbons (Fsp3) is 0.727. The smallest absolute Gasteiger partial charge is 0.233 e. The van der Waals surface area contributed by atoms with E-state index in [1.54, 1.807) is 6.33 Å². The van der Waals surface area contributed by atoms with Crippen molar-refractivity contribution >= 4 is 17.7 Å². The fourth-order valence-electron chi connectivity index (χ4n) is 1.98. The number of thioether (sulfide) groups is 1. The van der Waals surface area contributed by atoms with Crippen molar-refractivity contribution in [2.24, 2.45) is 7.05 Å². The number of nitrogens with zero attached hydrogens (tertiary/aromatic N) is 3. The summed E-state index contributed by atoms with van der Waals surface area (Å²) in [6, 6.07) is 0.380. The van der Waals surface area contributed by atoms with Gasteiger partial charge < -0.3 is 9.88 Å². The molecular formula is C11H18N4OS. The van der Waals surface area contributed by atoms with E-state index in [1.807, 2.05) is 18.5 Å². The van der Waals surface area contributed by atoms with Crippen LogP contribution in [0.2, 0.25) is 0 Å². The van der Waals surface area contributed by atoms with E-state index in [1.165, 1.54) is 24.6 Å². The van der Waals surface area contributed by atoms with E-state index in [0.717, 1.165) is 18.0 Å². The molecule has 1 aromatic rings. The summed E-state index contributed by atoms with van der Waals surface area (Å²) >= 11 is 1.45. The number of hydrogen-bond donors (Lipinski definition) is 1. The Bertz CT molecular complexity index is 387. The predicted octanol–water partition coefficient (Wildman–Crippen LogP) is 1.35. The highest BCUT2D eigenvalue weighted by molar-refractivity contribution is 8.00. The lowest BCUT2D eigenvalue weighted by Crippen LogP contribution is -2.37. The van der Waals surface area contributed by atoms with Crippen LogP contribution in [0.3, 0.4) is 0 Å². The third-order valence-electron chi connectivity index (χ3n) is 3.02. The lowest BCUT2D eigenvalue weighted by atomic mass is 10.2. The largest absolute Gasteiger partial charge is 0.352 e. The van der Waals surface area contributed by atoms with Crippen LogP contribution < -0.4 is 5.32 Å². The zero-order valence-electron chi connectivity index (χ0n) is 10.2. The summed E-state index contributed by atoms with van der Waals surface area (Å²) in [5, 5.41) is 11.5. The maximum Gasteiger partial charge on any atom is 0.233 e. The van der Waals surface area contributed by atoms with Crippen LogP contribution in [0.5, 0.6) is 0 Å². The first-order chi connectivity index (χ1) is 8.16. The quantitative estimate of drug-likeness (QED) is 0.824. The van der Waals surface area contributed by atoms with Crippen LogP contribution >= 0.6 is 11.8 Å². The highest BCUT2D eigenvalue weighted by Gasteiger charge is 2.22. The van der Waals surface area contributed by atoms with E-state index in [2.05, 4.69) is 15.5 Å². The minimum atomic E-state index is -0.126. The summed E-state index contributed by atoms with van der Waals surface area (Å²) in [5.74, 6) is 0.102. The van der Waals surface area contributed by atoms with Gasteiger partial charge in [0.05, 0.1) is 5.25 Å². The van der Waals surface area contributed by atoms with Gasteiger partial charge in [-0.15, -0.1) is 10.2 Å². The third kappa shape index (κ3) is 3.21. The molecule has 1 atom stereocenters. The normalized spacial score (nSPS) is 18.2. The fourth-order valence-corrected chi connectivity index (χ4v) is 2.78. The van der Waals surface area contributed by atoms with Crippen molar-refractivity contribution in [3.8, 4) is 0 Å². The predicted molar refractivity (Wildman–Crippen MR) is 66.7 cm³/mol. The van der Waals surface area contributed by atoms with Crippen molar-refractivity contribution in [2.75, 3.05) is 0 Å². The molecule has 2 rings (SSSR count). The second-order valence-electron chi connectivity index (χ2n) is 4.47. The average Bonchev–Trinajstić information content (AvgIpc) is 2.91. The van der Waals surface area contributed by atoms with Gasteiger partial charge in [0, 0.05) is 13.1 Å². The monoisotopic (exact) mass is 254 g/mol. The Hall–Kier alpha value is -1.04. The number of hydrogen-bond acceptors (Lipinski definition) is 4. The molecule has 0 saturated heterocycles. The van der Waals surface area contributed by atoms with Crippen LogP contribution in [-0.2, 0) is 11.8 Å². The second-order valence-corrected chi connectivity index (χ2v) is 5.78. The standard InChI is InChI=1S/C11H18N4OS/c1-8(17-11-14-12-7-15(11)2)10(16)13-9-5-3-4-6-9/h7-9H,3-6H2,1-2H3,(H,13,16)/t8-/m0/s1. The van der Waals surface area contributed by atoms with Gasteiger partial charge in [-0.3, -0.25) is 4.79 Å². The van der Waals surface area contributed by atoms with Crippen LogP contribution in [0, 0.1) is 0 Å². The van der Waals surface area contributed by atoms with Gasteiger partial charge in [0.15, 0.2) is 5.16 Å². The van der Waals surface area contributed by atoms with E-state index in [-0.39, 0.29) is 11.2 Å². The van der Waals surface area contributed by atoms with E-state index in [9.17, 15) is 4.79 Å². The van der Waals surface area contributed by atoms with E-state index < -0.39 is 0 Å². The molecule has 0 aliphatic heterocycles. The van der Waals surface area contributed by atoms with Crippen molar-refractivity contribution in [3.05, 3.63) is 6.33 Å². The molecule has 0 spiro atoms. The van der Waals surface area contributed by atoms with E-state index in [4.69, 9.17) is 0 Å². The zero-order chi connectivity index (χ0) is 12.3. The summed E-state index contributed by atoms with van der Waals surface area (Å²) < 4.78 is 1.82. The molecule has 0 bridgehead atoms. The lowest BCUT2D eigenvalue weighted by molar-refractivity contribution is -0.120. The maximum absolute atomic E-state index is 11.9. The average molecular weight is 254 g/mol. The van der Waals surface area contributed by atoms with Crippen LogP contribution in [0.4, 0.5) is 0 Å². The van der Waals surface area contributed by atoms with Crippen molar-refractivity contribution in [3.63, 3.8) is 0 Å². The number of amides is 1. The van der Waals surface area contributed by atoms with Gasteiger partial charge in [-0.1, -0.05) is 24.6 Å². The minimum absolute atomic E-state index is 0.102. The lowest BCUT2D eigenvalue weighted by Gasteiger charge is -2.15. The maximum atomic E-state index is 11.9. The van der Waals surface area contributed by atoms with Crippen LogP contribution in [-0.4, -0.2) is 32.0 Å². The first kappa shape index (κ1) is 12.4. The summed E-state index contributed by atoms with van der Waals surface area (Å²) in [6.45, 7) is 1.91. The Kier molecular flexibility index (Phi) is 4.04. The van der Waals surface area contributed by atoms with Gasteiger partial charge >= 0.3 is 0 Å². The molecule has 1 amide bonds. The molecule has 0 unspecified atom stereocenters. The Morgan fingerprint density at radius 1 is 1.59 bits per heavy atom. The van der Waals surface area contributed by atoms with Crippen molar-refractivity contribution < 1.29 is 4.79 Å². The molecule has 1 saturated carbocycles. The summed E-state index contributed by atoms with van der Waals surface area (Å²) in [5.41, 5.74) is 0. The van der Waals surface area contributed by atoms with Crippen molar-refractivity contribution in [1.29, 1.82) is 0 Å². The van der Waals surface area contributed by atoms with Crippen molar-refractivity contribution in [1.82, 2.24) is 20.1 Å². The number of carbonyl (C=O) groups excluding carboxylic acids is 1. The molecule has 1 aliphatic rings. The molecule has 1 aromatic heterocycles. The SMILES string of the molecule is C[C@H](Sc1nncn1C)C(=O)NC1CCCC1. The highest BCUT2D eigenvalue weighted by atomic mass is 32.2. The van der Waals surface area contributed by atoms with Gasteiger partial charge in [-0.2, -0.15) is 0 Å². The van der Waals surface area contributed by atoms with Crippen LogP contribution in [0.25, 0.3) is 0 Å². The Morgan fingerprint density at radius 2 is 2.29 bits per heavy atom. The number of aryl methyl sites for hydroxylation is 1. The van der Waals surface area contributed by atoms with Gasteiger partial charge in [0.1, 0.15) is 6.33 Å². The van der Waals surface area contributed by atoms with Gasteiger partial charge in [0.25, 0.3) is 0 Å². The number of aromatic nitrogens is 3. The van der Waals surface area contributed by atoms with E-state index in [0.29, 0.717) is 6.04 Å². The first-order valence-electron chi connectivity index (χ1n) is 5.98. The summed E-state index contributed by atoms with van der Waals surface area (Å²) in [6.07, 6.45) is 6.34. The van der Waals surface area contributed by atoms with Crippen LogP contribution in [0.1, 0.15) is 32.6 Å². The summed E-state index contributed by atoms with van der Waals surface area (Å²) in [7, 11) is 1.88. The molecule has 1 N–H and O–H groups in total. The third-order valence-corrected chi connectivity index (χ3v) is 4.17.